The second-order valence-corrected chi connectivity index (χ2v) is 10.7. The highest BCUT2D eigenvalue weighted by Gasteiger charge is 2.25. The quantitative estimate of drug-likeness (QED) is 0.259. The zero-order valence-electron chi connectivity index (χ0n) is 23.4. The van der Waals surface area contributed by atoms with Crippen LogP contribution < -0.4 is 10.2 Å². The van der Waals surface area contributed by atoms with E-state index in [0.717, 1.165) is 57.5 Å². The predicted molar refractivity (Wildman–Crippen MR) is 162 cm³/mol. The lowest BCUT2D eigenvalue weighted by Gasteiger charge is -2.33. The molecule has 0 radical (unpaired) electrons. The van der Waals surface area contributed by atoms with Crippen LogP contribution in [0.25, 0.3) is 22.0 Å². The van der Waals surface area contributed by atoms with Gasteiger partial charge in [-0.3, -0.25) is 9.78 Å². The Balaban J connectivity index is 1.24. The molecule has 1 aliphatic rings. The van der Waals surface area contributed by atoms with Gasteiger partial charge in [0.15, 0.2) is 0 Å². The highest BCUT2D eigenvalue weighted by Crippen LogP contribution is 2.33. The van der Waals surface area contributed by atoms with E-state index in [1.54, 1.807) is 18.3 Å². The number of nitrogens with one attached hydrogen (secondary N) is 1. The van der Waals surface area contributed by atoms with E-state index >= 15 is 0 Å². The van der Waals surface area contributed by atoms with E-state index in [9.17, 15) is 14.7 Å². The van der Waals surface area contributed by atoms with Crippen molar-refractivity contribution in [1.82, 2.24) is 14.9 Å². The van der Waals surface area contributed by atoms with Crippen LogP contribution in [0.1, 0.15) is 55.6 Å². The molecule has 5 aromatic rings. The highest BCUT2D eigenvalue weighted by molar-refractivity contribution is 5.99. The number of carboxylic acids is 1. The minimum atomic E-state index is -0.934. The number of benzene rings is 3. The number of carbonyl (C=O) groups excluding carboxylic acids is 1. The van der Waals surface area contributed by atoms with Crippen molar-refractivity contribution in [2.24, 2.45) is 0 Å². The summed E-state index contributed by atoms with van der Waals surface area (Å²) >= 11 is 0. The Kier molecular flexibility index (Phi) is 6.79. The van der Waals surface area contributed by atoms with Gasteiger partial charge >= 0.3 is 5.97 Å². The molecule has 3 aromatic carbocycles. The minimum Gasteiger partial charge on any atom is -0.478 e. The SMILES string of the molecule is Cc1c(C)n(Cc2ccc(-c3ccccc3C(=O)O)cc2)c2ccc(C(=O)NC3CCN(C)c4ccncc43)cc12. The summed E-state index contributed by atoms with van der Waals surface area (Å²) < 4.78 is 2.27. The van der Waals surface area contributed by atoms with Crippen molar-refractivity contribution in [2.75, 3.05) is 18.5 Å². The van der Waals surface area contributed by atoms with Crippen molar-refractivity contribution in [3.8, 4) is 11.1 Å². The van der Waals surface area contributed by atoms with Crippen LogP contribution in [0.2, 0.25) is 0 Å². The number of hydrogen-bond donors (Lipinski definition) is 2. The summed E-state index contributed by atoms with van der Waals surface area (Å²) in [4.78, 5) is 31.5. The molecule has 0 aliphatic carbocycles. The van der Waals surface area contributed by atoms with E-state index in [1.807, 2.05) is 66.9 Å². The molecule has 0 bridgehead atoms. The fourth-order valence-corrected chi connectivity index (χ4v) is 5.89. The first-order chi connectivity index (χ1) is 19.8. The van der Waals surface area contributed by atoms with Gasteiger partial charge in [0.25, 0.3) is 5.91 Å². The molecule has 1 atom stereocenters. The standard InChI is InChI=1S/C34H32N4O3/c1-21-22(2)38(20-23-8-10-24(11-9-23)26-6-4-5-7-27(26)34(40)41)32-13-12-25(18-28(21)32)33(39)36-30-15-17-37(3)31-14-16-35-19-29(30)31/h4-14,16,18-19,30H,15,17,20H2,1-3H3,(H,36,39)(H,40,41). The summed E-state index contributed by atoms with van der Waals surface area (Å²) in [7, 11) is 2.06. The molecular formula is C34H32N4O3. The summed E-state index contributed by atoms with van der Waals surface area (Å²) in [5.41, 5.74) is 9.14. The largest absolute Gasteiger partial charge is 0.478 e. The van der Waals surface area contributed by atoms with Crippen molar-refractivity contribution in [2.45, 2.75) is 32.9 Å². The molecule has 6 rings (SSSR count). The van der Waals surface area contributed by atoms with Crippen LogP contribution in [0, 0.1) is 13.8 Å². The first kappa shape index (κ1) is 26.3. The molecule has 0 saturated carbocycles. The van der Waals surface area contributed by atoms with Crippen molar-refractivity contribution in [3.63, 3.8) is 0 Å². The van der Waals surface area contributed by atoms with Gasteiger partial charge in [-0.25, -0.2) is 4.79 Å². The molecule has 7 heteroatoms. The maximum atomic E-state index is 13.4. The van der Waals surface area contributed by atoms with E-state index in [-0.39, 0.29) is 11.9 Å². The van der Waals surface area contributed by atoms with Crippen LogP contribution in [0.15, 0.2) is 85.2 Å². The number of anilines is 1. The smallest absolute Gasteiger partial charge is 0.336 e. The number of amides is 1. The van der Waals surface area contributed by atoms with Crippen LogP contribution >= 0.6 is 0 Å². The zero-order valence-corrected chi connectivity index (χ0v) is 23.4. The van der Waals surface area contributed by atoms with E-state index in [1.165, 1.54) is 0 Å². The lowest BCUT2D eigenvalue weighted by molar-refractivity contribution is 0.0697. The fourth-order valence-electron chi connectivity index (χ4n) is 5.89. The normalized spacial score (nSPS) is 14.6. The molecule has 2 N–H and O–H groups in total. The van der Waals surface area contributed by atoms with Gasteiger partial charge in [0, 0.05) is 65.9 Å². The van der Waals surface area contributed by atoms with E-state index in [4.69, 9.17) is 0 Å². The second kappa shape index (κ2) is 10.6. The monoisotopic (exact) mass is 544 g/mol. The highest BCUT2D eigenvalue weighted by atomic mass is 16.4. The summed E-state index contributed by atoms with van der Waals surface area (Å²) in [5, 5.41) is 13.9. The molecular weight excluding hydrogens is 512 g/mol. The van der Waals surface area contributed by atoms with Crippen LogP contribution in [0.4, 0.5) is 5.69 Å². The van der Waals surface area contributed by atoms with Crippen molar-refractivity contribution in [1.29, 1.82) is 0 Å². The molecule has 3 heterocycles. The van der Waals surface area contributed by atoms with Gasteiger partial charge < -0.3 is 19.9 Å². The van der Waals surface area contributed by atoms with Gasteiger partial charge in [-0.05, 0) is 72.9 Å². The van der Waals surface area contributed by atoms with Crippen LogP contribution in [-0.4, -0.2) is 40.1 Å². The van der Waals surface area contributed by atoms with E-state index < -0.39 is 5.97 Å². The van der Waals surface area contributed by atoms with Crippen molar-refractivity contribution in [3.05, 3.63) is 119 Å². The number of hydrogen-bond acceptors (Lipinski definition) is 4. The first-order valence-corrected chi connectivity index (χ1v) is 13.8. The van der Waals surface area contributed by atoms with Gasteiger partial charge in [0.05, 0.1) is 11.6 Å². The third-order valence-corrected chi connectivity index (χ3v) is 8.34. The average Bonchev–Trinajstić information content (AvgIpc) is 3.23. The van der Waals surface area contributed by atoms with E-state index in [2.05, 4.69) is 40.7 Å². The second-order valence-electron chi connectivity index (χ2n) is 10.7. The van der Waals surface area contributed by atoms with Crippen molar-refractivity contribution >= 4 is 28.5 Å². The zero-order chi connectivity index (χ0) is 28.7. The number of pyridine rings is 1. The Morgan fingerprint density at radius 3 is 2.59 bits per heavy atom. The third kappa shape index (κ3) is 4.84. The number of rotatable bonds is 6. The number of fused-ring (bicyclic) bond motifs is 2. The molecule has 0 saturated heterocycles. The lowest BCUT2D eigenvalue weighted by Crippen LogP contribution is -2.36. The summed E-state index contributed by atoms with van der Waals surface area (Å²) in [5.74, 6) is -1.02. The number of carbonyl (C=O) groups is 2. The maximum absolute atomic E-state index is 13.4. The number of aromatic carboxylic acids is 1. The number of carboxylic acid groups (broad SMARTS) is 1. The fraction of sp³-hybridized carbons (Fsp3) is 0.206. The summed E-state index contributed by atoms with van der Waals surface area (Å²) in [6, 6.07) is 23.0. The maximum Gasteiger partial charge on any atom is 0.336 e. The van der Waals surface area contributed by atoms with Gasteiger partial charge in [-0.1, -0.05) is 42.5 Å². The molecule has 1 amide bonds. The average molecular weight is 545 g/mol. The molecule has 1 aliphatic heterocycles. The Morgan fingerprint density at radius 2 is 1.80 bits per heavy atom. The van der Waals surface area contributed by atoms with Gasteiger partial charge in [-0.15, -0.1) is 0 Å². The minimum absolute atomic E-state index is 0.0732. The number of nitrogens with zero attached hydrogens (tertiary/aromatic N) is 3. The van der Waals surface area contributed by atoms with Crippen LogP contribution in [0.3, 0.4) is 0 Å². The molecule has 0 fully saturated rings. The van der Waals surface area contributed by atoms with E-state index in [0.29, 0.717) is 23.2 Å². The number of aryl methyl sites for hydroxylation is 1. The molecule has 7 nitrogen and oxygen atoms in total. The van der Waals surface area contributed by atoms with Crippen LogP contribution in [0.5, 0.6) is 0 Å². The number of aromatic nitrogens is 2. The Labute approximate surface area is 239 Å². The molecule has 0 spiro atoms. The molecule has 2 aromatic heterocycles. The Bertz CT molecular complexity index is 1790. The lowest BCUT2D eigenvalue weighted by atomic mass is 9.98. The van der Waals surface area contributed by atoms with Crippen LogP contribution in [-0.2, 0) is 6.54 Å². The molecule has 41 heavy (non-hydrogen) atoms. The van der Waals surface area contributed by atoms with Gasteiger partial charge in [0.1, 0.15) is 0 Å². The van der Waals surface area contributed by atoms with Crippen molar-refractivity contribution < 1.29 is 14.7 Å². The predicted octanol–water partition coefficient (Wildman–Crippen LogP) is 6.38. The molecule has 1 unspecified atom stereocenters. The first-order valence-electron chi connectivity index (χ1n) is 13.8. The topological polar surface area (TPSA) is 87.5 Å². The third-order valence-electron chi connectivity index (χ3n) is 8.34. The molecule has 206 valence electrons. The van der Waals surface area contributed by atoms with Gasteiger partial charge in [0.2, 0.25) is 0 Å². The summed E-state index contributed by atoms with van der Waals surface area (Å²) in [6.07, 6.45) is 4.47. The van der Waals surface area contributed by atoms with Gasteiger partial charge in [-0.2, -0.15) is 0 Å². The Morgan fingerprint density at radius 1 is 1.02 bits per heavy atom. The summed E-state index contributed by atoms with van der Waals surface area (Å²) in [6.45, 7) is 5.74. The Hall–Kier alpha value is -4.91.